The molecule has 0 unspecified atom stereocenters. The second-order valence-electron chi connectivity index (χ2n) is 6.74. The highest BCUT2D eigenvalue weighted by Gasteiger charge is 2.41. The number of thiophene rings is 1. The van der Waals surface area contributed by atoms with Crippen molar-refractivity contribution in [3.8, 4) is 0 Å². The molecule has 146 valence electrons. The van der Waals surface area contributed by atoms with E-state index in [-0.39, 0.29) is 30.4 Å². The van der Waals surface area contributed by atoms with Crippen molar-refractivity contribution in [2.45, 2.75) is 18.9 Å². The molecule has 2 aromatic rings. The lowest BCUT2D eigenvalue weighted by atomic mass is 10.0. The van der Waals surface area contributed by atoms with Gasteiger partial charge in [0.05, 0.1) is 15.6 Å². The lowest BCUT2D eigenvalue weighted by molar-refractivity contribution is -0.116. The van der Waals surface area contributed by atoms with E-state index in [1.54, 1.807) is 40.1 Å². The van der Waals surface area contributed by atoms with Gasteiger partial charge in [-0.25, -0.2) is 9.69 Å². The van der Waals surface area contributed by atoms with Gasteiger partial charge in [0.15, 0.2) is 0 Å². The lowest BCUT2D eigenvalue weighted by Crippen LogP contribution is -2.48. The van der Waals surface area contributed by atoms with Crippen molar-refractivity contribution in [2.75, 3.05) is 24.5 Å². The molecule has 2 aliphatic rings. The number of amides is 4. The predicted octanol–water partition coefficient (Wildman–Crippen LogP) is 4.13. The molecule has 28 heavy (non-hydrogen) atoms. The van der Waals surface area contributed by atoms with Crippen LogP contribution in [0, 0.1) is 0 Å². The van der Waals surface area contributed by atoms with E-state index in [4.69, 9.17) is 23.2 Å². The number of urea groups is 1. The zero-order valence-electron chi connectivity index (χ0n) is 14.8. The molecule has 2 aliphatic heterocycles. The molecule has 1 aromatic heterocycles. The lowest BCUT2D eigenvalue weighted by Gasteiger charge is -2.36. The van der Waals surface area contributed by atoms with Gasteiger partial charge in [-0.2, -0.15) is 0 Å². The van der Waals surface area contributed by atoms with Gasteiger partial charge in [0.25, 0.3) is 11.8 Å². The fraction of sp³-hybridized carbons (Fsp3) is 0.316. The van der Waals surface area contributed by atoms with Gasteiger partial charge in [0.1, 0.15) is 10.9 Å². The molecule has 4 rings (SSSR count). The number of hydrogen-bond acceptors (Lipinski definition) is 4. The minimum Gasteiger partial charge on any atom is -0.338 e. The second-order valence-corrected chi connectivity index (χ2v) is 9.02. The summed E-state index contributed by atoms with van der Waals surface area (Å²) >= 11 is 13.2. The Bertz CT molecular complexity index is 926. The van der Waals surface area contributed by atoms with E-state index < -0.39 is 0 Å². The molecule has 3 heterocycles. The van der Waals surface area contributed by atoms with Crippen LogP contribution in [0.2, 0.25) is 8.67 Å². The number of imide groups is 1. The number of rotatable bonds is 3. The van der Waals surface area contributed by atoms with Crippen molar-refractivity contribution < 1.29 is 14.4 Å². The molecule has 6 nitrogen and oxygen atoms in total. The number of likely N-dealkylation sites (tertiary alicyclic amines) is 1. The van der Waals surface area contributed by atoms with Gasteiger partial charge in [-0.15, -0.1) is 11.3 Å². The Morgan fingerprint density at radius 3 is 2.36 bits per heavy atom. The van der Waals surface area contributed by atoms with Crippen molar-refractivity contribution in [3.63, 3.8) is 0 Å². The zero-order chi connectivity index (χ0) is 19.8. The summed E-state index contributed by atoms with van der Waals surface area (Å²) in [7, 11) is 0. The molecule has 0 N–H and O–H groups in total. The number of halogens is 2. The quantitative estimate of drug-likeness (QED) is 0.678. The van der Waals surface area contributed by atoms with E-state index in [9.17, 15) is 14.4 Å². The van der Waals surface area contributed by atoms with Crippen molar-refractivity contribution in [1.82, 2.24) is 9.80 Å². The Morgan fingerprint density at radius 1 is 1.07 bits per heavy atom. The first-order chi connectivity index (χ1) is 13.5. The fourth-order valence-corrected chi connectivity index (χ4v) is 5.12. The maximum absolute atomic E-state index is 12.8. The van der Waals surface area contributed by atoms with Gasteiger partial charge < -0.3 is 9.80 Å². The predicted molar refractivity (Wildman–Crippen MR) is 109 cm³/mol. The summed E-state index contributed by atoms with van der Waals surface area (Å²) in [4.78, 5) is 42.5. The maximum atomic E-state index is 12.8. The second kappa shape index (κ2) is 7.73. The largest absolute Gasteiger partial charge is 0.338 e. The summed E-state index contributed by atoms with van der Waals surface area (Å²) < 4.78 is 0.862. The van der Waals surface area contributed by atoms with Crippen LogP contribution in [0.15, 0.2) is 36.4 Å². The topological polar surface area (TPSA) is 60.9 Å². The van der Waals surface area contributed by atoms with E-state index in [0.717, 1.165) is 0 Å². The molecule has 0 saturated carbocycles. The van der Waals surface area contributed by atoms with Crippen molar-refractivity contribution in [1.29, 1.82) is 0 Å². The minimum absolute atomic E-state index is 0.0678. The third-order valence-electron chi connectivity index (χ3n) is 5.09. The van der Waals surface area contributed by atoms with Gasteiger partial charge >= 0.3 is 6.03 Å². The van der Waals surface area contributed by atoms with E-state index in [0.29, 0.717) is 45.9 Å². The summed E-state index contributed by atoms with van der Waals surface area (Å²) in [6.45, 7) is 1.06. The van der Waals surface area contributed by atoms with E-state index in [1.165, 1.54) is 16.2 Å². The number of hydrogen-bond donors (Lipinski definition) is 0. The molecular weight excluding hydrogens is 421 g/mol. The molecule has 1 aromatic carbocycles. The maximum Gasteiger partial charge on any atom is 0.332 e. The molecular formula is C19H17Cl2N3O3S. The van der Waals surface area contributed by atoms with Crippen LogP contribution in [0.4, 0.5) is 10.5 Å². The van der Waals surface area contributed by atoms with Crippen LogP contribution in [-0.4, -0.2) is 53.3 Å². The van der Waals surface area contributed by atoms with Gasteiger partial charge in [-0.05, 0) is 31.0 Å². The summed E-state index contributed by atoms with van der Waals surface area (Å²) in [5.74, 6) is -0.379. The van der Waals surface area contributed by atoms with Crippen LogP contribution in [0.3, 0.4) is 0 Å². The van der Waals surface area contributed by atoms with Crippen LogP contribution in [0.1, 0.15) is 23.2 Å². The number of benzene rings is 1. The average molecular weight is 438 g/mol. The zero-order valence-corrected chi connectivity index (χ0v) is 17.1. The number of carbonyl (C=O) groups excluding carboxylic acids is 3. The van der Waals surface area contributed by atoms with E-state index >= 15 is 0 Å². The number of para-hydroxylation sites is 1. The Kier molecular flexibility index (Phi) is 5.31. The summed E-state index contributed by atoms with van der Waals surface area (Å²) in [6, 6.07) is 10.1. The molecule has 2 saturated heterocycles. The Balaban J connectivity index is 1.41. The Morgan fingerprint density at radius 2 is 1.75 bits per heavy atom. The summed E-state index contributed by atoms with van der Waals surface area (Å²) in [5.41, 5.74) is 0.995. The highest BCUT2D eigenvalue weighted by molar-refractivity contribution is 7.20. The smallest absolute Gasteiger partial charge is 0.332 e. The van der Waals surface area contributed by atoms with Gasteiger partial charge in [0, 0.05) is 19.1 Å². The highest BCUT2D eigenvalue weighted by Crippen LogP contribution is 2.33. The molecule has 0 radical (unpaired) electrons. The first kappa shape index (κ1) is 19.2. The first-order valence-electron chi connectivity index (χ1n) is 8.88. The first-order valence-corrected chi connectivity index (χ1v) is 10.5. The molecule has 2 fully saturated rings. The normalized spacial score (nSPS) is 18.3. The Labute approximate surface area is 176 Å². The summed E-state index contributed by atoms with van der Waals surface area (Å²) in [6.07, 6.45) is 1.23. The fourth-order valence-electron chi connectivity index (χ4n) is 3.67. The summed E-state index contributed by atoms with van der Waals surface area (Å²) in [5, 5.41) is 0. The van der Waals surface area contributed by atoms with Gasteiger partial charge in [0.2, 0.25) is 0 Å². The van der Waals surface area contributed by atoms with Crippen LogP contribution in [-0.2, 0) is 4.79 Å². The van der Waals surface area contributed by atoms with Crippen LogP contribution < -0.4 is 4.90 Å². The average Bonchev–Trinajstić information content (AvgIpc) is 3.19. The van der Waals surface area contributed by atoms with Crippen LogP contribution in [0.25, 0.3) is 0 Å². The van der Waals surface area contributed by atoms with Gasteiger partial charge in [-0.1, -0.05) is 41.4 Å². The highest BCUT2D eigenvalue weighted by atomic mass is 35.5. The Hall–Kier alpha value is -2.09. The van der Waals surface area contributed by atoms with Gasteiger partial charge in [-0.3, -0.25) is 9.59 Å². The molecule has 4 amide bonds. The standard InChI is InChI=1S/C19H17Cl2N3O3S/c20-15-10-14(17(21)28-15)18(26)22-8-6-12(7-9-22)23-11-16(25)24(19(23)27)13-4-2-1-3-5-13/h1-5,10,12H,6-9,11H2. The van der Waals surface area contributed by atoms with Crippen LogP contribution >= 0.6 is 34.5 Å². The molecule has 0 aliphatic carbocycles. The number of piperidine rings is 1. The van der Waals surface area contributed by atoms with E-state index in [2.05, 4.69) is 0 Å². The minimum atomic E-state index is -0.298. The third-order valence-corrected chi connectivity index (χ3v) is 6.57. The molecule has 9 heteroatoms. The van der Waals surface area contributed by atoms with Crippen LogP contribution in [0.5, 0.6) is 0 Å². The molecule has 0 atom stereocenters. The SMILES string of the molecule is O=C(c1cc(Cl)sc1Cl)N1CCC(N2CC(=O)N(c3ccccc3)C2=O)CC1. The number of nitrogens with zero attached hydrogens (tertiary/aromatic N) is 3. The van der Waals surface area contributed by atoms with Crippen molar-refractivity contribution >= 4 is 58.1 Å². The van der Waals surface area contributed by atoms with E-state index in [1.807, 2.05) is 6.07 Å². The molecule has 0 bridgehead atoms. The number of carbonyl (C=O) groups is 3. The third kappa shape index (κ3) is 3.50. The molecule has 0 spiro atoms. The monoisotopic (exact) mass is 437 g/mol. The van der Waals surface area contributed by atoms with Crippen molar-refractivity contribution in [2.24, 2.45) is 0 Å². The van der Waals surface area contributed by atoms with Crippen molar-refractivity contribution in [3.05, 3.63) is 50.6 Å². The number of anilines is 1.